The fourth-order valence-electron chi connectivity index (χ4n) is 2.72. The van der Waals surface area contributed by atoms with Crippen molar-refractivity contribution in [1.82, 2.24) is 9.97 Å². The third-order valence-electron chi connectivity index (χ3n) is 4.33. The zero-order valence-corrected chi connectivity index (χ0v) is 16.5. The van der Waals surface area contributed by atoms with Gasteiger partial charge in [-0.2, -0.15) is 0 Å². The molecule has 0 radical (unpaired) electrons. The lowest BCUT2D eigenvalue weighted by Gasteiger charge is -2.11. The highest BCUT2D eigenvalue weighted by molar-refractivity contribution is 6.07. The molecule has 7 nitrogen and oxygen atoms in total. The van der Waals surface area contributed by atoms with Crippen molar-refractivity contribution < 1.29 is 14.3 Å². The summed E-state index contributed by atoms with van der Waals surface area (Å²) >= 11 is 0. The summed E-state index contributed by atoms with van der Waals surface area (Å²) in [7, 11) is 1.29. The first-order chi connectivity index (χ1) is 14.0. The number of hydrogen-bond acceptors (Lipinski definition) is 6. The summed E-state index contributed by atoms with van der Waals surface area (Å²) in [5.41, 5.74) is 2.88. The van der Waals surface area contributed by atoms with Crippen LogP contribution in [0.1, 0.15) is 46.2 Å². The van der Waals surface area contributed by atoms with Crippen molar-refractivity contribution >= 4 is 29.1 Å². The molecule has 7 heteroatoms. The van der Waals surface area contributed by atoms with Gasteiger partial charge in [-0.3, -0.25) is 4.79 Å². The number of nitrogens with one attached hydrogen (secondary N) is 2. The van der Waals surface area contributed by atoms with E-state index >= 15 is 0 Å². The number of carbonyl (C=O) groups is 2. The van der Waals surface area contributed by atoms with Gasteiger partial charge in [-0.25, -0.2) is 14.8 Å². The number of esters is 1. The number of benzene rings is 2. The number of methoxy groups -OCH3 is 1. The average molecular weight is 390 g/mol. The maximum absolute atomic E-state index is 12.6. The maximum Gasteiger partial charge on any atom is 0.339 e. The lowest BCUT2D eigenvalue weighted by molar-refractivity contribution is 0.0602. The van der Waals surface area contributed by atoms with Crippen molar-refractivity contribution in [2.45, 2.75) is 19.8 Å². The molecule has 0 spiro atoms. The Labute approximate surface area is 169 Å². The Balaban J connectivity index is 1.76. The Kier molecular flexibility index (Phi) is 6.19. The van der Waals surface area contributed by atoms with Crippen LogP contribution in [-0.4, -0.2) is 29.0 Å². The van der Waals surface area contributed by atoms with Crippen molar-refractivity contribution in [2.24, 2.45) is 0 Å². The van der Waals surface area contributed by atoms with Crippen LogP contribution in [0.5, 0.6) is 0 Å². The number of anilines is 3. The zero-order valence-electron chi connectivity index (χ0n) is 16.5. The fourth-order valence-corrected chi connectivity index (χ4v) is 2.72. The third kappa shape index (κ3) is 4.95. The van der Waals surface area contributed by atoms with E-state index in [1.54, 1.807) is 30.3 Å². The van der Waals surface area contributed by atoms with E-state index in [0.29, 0.717) is 17.4 Å². The molecule has 148 valence electrons. The summed E-state index contributed by atoms with van der Waals surface area (Å²) in [6.45, 7) is 4.27. The molecule has 3 aromatic rings. The minimum atomic E-state index is -0.532. The number of amides is 1. The van der Waals surface area contributed by atoms with Crippen LogP contribution in [0.25, 0.3) is 0 Å². The minimum Gasteiger partial charge on any atom is -0.465 e. The Bertz CT molecular complexity index is 1020. The molecule has 2 N–H and O–H groups in total. The van der Waals surface area contributed by atoms with Crippen LogP contribution in [0, 0.1) is 0 Å². The van der Waals surface area contributed by atoms with Gasteiger partial charge in [-0.1, -0.05) is 38.1 Å². The first-order valence-electron chi connectivity index (χ1n) is 9.15. The molecule has 3 rings (SSSR count). The highest BCUT2D eigenvalue weighted by atomic mass is 16.5. The second-order valence-corrected chi connectivity index (χ2v) is 6.68. The molecular weight excluding hydrogens is 368 g/mol. The summed E-state index contributed by atoms with van der Waals surface area (Å²) in [6, 6.07) is 16.2. The first-order valence-corrected chi connectivity index (χ1v) is 9.15. The lowest BCUT2D eigenvalue weighted by Crippen LogP contribution is -2.17. The fraction of sp³-hybridized carbons (Fsp3) is 0.182. The van der Waals surface area contributed by atoms with Gasteiger partial charge >= 0.3 is 5.97 Å². The van der Waals surface area contributed by atoms with Crippen molar-refractivity contribution in [2.75, 3.05) is 17.7 Å². The maximum atomic E-state index is 12.6. The van der Waals surface area contributed by atoms with Gasteiger partial charge in [0.2, 0.25) is 0 Å². The number of para-hydroxylation sites is 1. The number of rotatable bonds is 6. The van der Waals surface area contributed by atoms with Gasteiger partial charge in [-0.15, -0.1) is 0 Å². The van der Waals surface area contributed by atoms with Crippen LogP contribution >= 0.6 is 0 Å². The lowest BCUT2D eigenvalue weighted by atomic mass is 10.0. The van der Waals surface area contributed by atoms with E-state index in [-0.39, 0.29) is 11.3 Å². The largest absolute Gasteiger partial charge is 0.465 e. The topological polar surface area (TPSA) is 93.2 Å². The predicted molar refractivity (Wildman–Crippen MR) is 112 cm³/mol. The molecular formula is C22H22N4O3. The van der Waals surface area contributed by atoms with Crippen molar-refractivity contribution in [1.29, 1.82) is 0 Å². The summed E-state index contributed by atoms with van der Waals surface area (Å²) in [5.74, 6) is -0.0484. The number of aromatic nitrogens is 2. The molecule has 0 bridgehead atoms. The molecule has 0 atom stereocenters. The highest BCUT2D eigenvalue weighted by Crippen LogP contribution is 2.21. The highest BCUT2D eigenvalue weighted by Gasteiger charge is 2.15. The average Bonchev–Trinajstić information content (AvgIpc) is 2.74. The van der Waals surface area contributed by atoms with Crippen LogP contribution in [0.3, 0.4) is 0 Å². The smallest absolute Gasteiger partial charge is 0.339 e. The summed E-state index contributed by atoms with van der Waals surface area (Å²) in [6.07, 6.45) is 1.31. The van der Waals surface area contributed by atoms with E-state index in [1.165, 1.54) is 19.0 Å². The van der Waals surface area contributed by atoms with Crippen LogP contribution in [0.4, 0.5) is 17.2 Å². The Hall–Kier alpha value is -3.74. The molecule has 0 unspecified atom stereocenters. The Morgan fingerprint density at radius 2 is 1.72 bits per heavy atom. The molecule has 1 aromatic heterocycles. The predicted octanol–water partition coefficient (Wildman–Crippen LogP) is 4.38. The van der Waals surface area contributed by atoms with Gasteiger partial charge in [0.25, 0.3) is 5.91 Å². The first kappa shape index (κ1) is 20.0. The van der Waals surface area contributed by atoms with E-state index in [1.807, 2.05) is 24.3 Å². The van der Waals surface area contributed by atoms with Gasteiger partial charge in [-0.05, 0) is 35.7 Å². The van der Waals surface area contributed by atoms with E-state index in [2.05, 4.69) is 34.4 Å². The molecule has 0 aliphatic carbocycles. The summed E-state index contributed by atoms with van der Waals surface area (Å²) < 4.78 is 4.75. The summed E-state index contributed by atoms with van der Waals surface area (Å²) in [5, 5.41) is 5.86. The SMILES string of the molecule is COC(=O)c1ccccc1NC(=O)c1cc(Nc2ccc(C(C)C)cc2)ncn1. The Morgan fingerprint density at radius 1 is 1.00 bits per heavy atom. The quantitative estimate of drug-likeness (QED) is 0.607. The second-order valence-electron chi connectivity index (χ2n) is 6.68. The number of hydrogen-bond donors (Lipinski definition) is 2. The van der Waals surface area contributed by atoms with E-state index in [4.69, 9.17) is 4.74 Å². The van der Waals surface area contributed by atoms with Crippen LogP contribution in [-0.2, 0) is 4.74 Å². The van der Waals surface area contributed by atoms with Crippen molar-refractivity contribution in [3.8, 4) is 0 Å². The standard InChI is InChI=1S/C22H22N4O3/c1-14(2)15-8-10-16(11-9-15)25-20-12-19(23-13-24-20)21(27)26-18-7-5-4-6-17(18)22(28)29-3/h4-14H,1-3H3,(H,26,27)(H,23,24,25). The molecule has 2 aromatic carbocycles. The molecule has 0 aliphatic rings. The van der Waals surface area contributed by atoms with Crippen molar-refractivity contribution in [3.63, 3.8) is 0 Å². The van der Waals surface area contributed by atoms with Crippen LogP contribution in [0.15, 0.2) is 60.9 Å². The van der Waals surface area contributed by atoms with Crippen molar-refractivity contribution in [3.05, 3.63) is 77.7 Å². The number of carbonyl (C=O) groups excluding carboxylic acids is 2. The third-order valence-corrected chi connectivity index (χ3v) is 4.33. The molecule has 29 heavy (non-hydrogen) atoms. The normalized spacial score (nSPS) is 10.5. The van der Waals surface area contributed by atoms with E-state index in [0.717, 1.165) is 5.69 Å². The van der Waals surface area contributed by atoms with Crippen LogP contribution in [0.2, 0.25) is 0 Å². The van der Waals surface area contributed by atoms with Gasteiger partial charge in [0, 0.05) is 11.8 Å². The minimum absolute atomic E-state index is 0.168. The molecule has 1 heterocycles. The number of ether oxygens (including phenoxy) is 1. The van der Waals surface area contributed by atoms with E-state index < -0.39 is 11.9 Å². The molecule has 1 amide bonds. The second kappa shape index (κ2) is 8.97. The number of nitrogens with zero attached hydrogens (tertiary/aromatic N) is 2. The molecule has 0 saturated heterocycles. The summed E-state index contributed by atoms with van der Waals surface area (Å²) in [4.78, 5) is 32.7. The zero-order chi connectivity index (χ0) is 20.8. The Morgan fingerprint density at radius 3 is 2.41 bits per heavy atom. The molecule has 0 fully saturated rings. The van der Waals surface area contributed by atoms with Gasteiger partial charge in [0.05, 0.1) is 18.4 Å². The molecule has 0 aliphatic heterocycles. The van der Waals surface area contributed by atoms with E-state index in [9.17, 15) is 9.59 Å². The molecule has 0 saturated carbocycles. The van der Waals surface area contributed by atoms with Crippen LogP contribution < -0.4 is 10.6 Å². The van der Waals surface area contributed by atoms with Gasteiger partial charge in [0.15, 0.2) is 0 Å². The monoisotopic (exact) mass is 390 g/mol. The van der Waals surface area contributed by atoms with Gasteiger partial charge < -0.3 is 15.4 Å². The van der Waals surface area contributed by atoms with Gasteiger partial charge in [0.1, 0.15) is 17.8 Å².